The second-order valence-corrected chi connectivity index (χ2v) is 13.3. The highest BCUT2D eigenvalue weighted by atomic mass is 35.5. The molecular weight excluding hydrogens is 570 g/mol. The standard InChI is InChI=1S/C33H40ClN3O4S/c1-4-31(33(39)35-27-12-8-9-13-27)36(21-20-26-10-6-5-7-11-26)32(38)23-37(28-17-16-25(3)30(34)22-28)42(40,41)29-18-14-24(2)15-19-29/h5-7,10-11,14-19,22,27,31H,4,8-9,12-13,20-21,23H2,1-3H3,(H,35,39)/t31-/m0/s1. The molecule has 7 nitrogen and oxygen atoms in total. The minimum atomic E-state index is -4.14. The van der Waals surface area contributed by atoms with Crippen molar-refractivity contribution in [3.63, 3.8) is 0 Å². The number of carbonyl (C=O) groups is 2. The molecule has 0 spiro atoms. The highest BCUT2D eigenvalue weighted by Crippen LogP contribution is 2.29. The van der Waals surface area contributed by atoms with Gasteiger partial charge in [-0.05, 0) is 74.9 Å². The Kier molecular flexibility index (Phi) is 10.7. The predicted molar refractivity (Wildman–Crippen MR) is 168 cm³/mol. The third-order valence-electron chi connectivity index (χ3n) is 7.90. The van der Waals surface area contributed by atoms with E-state index in [0.717, 1.165) is 46.7 Å². The van der Waals surface area contributed by atoms with Gasteiger partial charge in [0.1, 0.15) is 12.6 Å². The van der Waals surface area contributed by atoms with Gasteiger partial charge in [-0.15, -0.1) is 0 Å². The van der Waals surface area contributed by atoms with Crippen molar-refractivity contribution >= 4 is 39.1 Å². The highest BCUT2D eigenvalue weighted by molar-refractivity contribution is 7.92. The van der Waals surface area contributed by atoms with Crippen LogP contribution in [0.5, 0.6) is 0 Å². The van der Waals surface area contributed by atoms with Crippen LogP contribution in [0.1, 0.15) is 55.7 Å². The van der Waals surface area contributed by atoms with E-state index in [1.165, 1.54) is 12.1 Å². The minimum Gasteiger partial charge on any atom is -0.352 e. The molecule has 9 heteroatoms. The van der Waals surface area contributed by atoms with E-state index < -0.39 is 28.5 Å². The Labute approximate surface area is 254 Å². The van der Waals surface area contributed by atoms with Crippen molar-refractivity contribution in [1.82, 2.24) is 10.2 Å². The van der Waals surface area contributed by atoms with Crippen molar-refractivity contribution in [2.45, 2.75) is 76.3 Å². The molecule has 0 bridgehead atoms. The minimum absolute atomic E-state index is 0.0689. The van der Waals surface area contributed by atoms with Gasteiger partial charge >= 0.3 is 0 Å². The van der Waals surface area contributed by atoms with Gasteiger partial charge in [-0.2, -0.15) is 0 Å². The lowest BCUT2D eigenvalue weighted by Crippen LogP contribution is -2.54. The summed E-state index contributed by atoms with van der Waals surface area (Å²) in [6, 6.07) is 20.6. The largest absolute Gasteiger partial charge is 0.352 e. The van der Waals surface area contributed by atoms with E-state index in [1.807, 2.05) is 51.1 Å². The van der Waals surface area contributed by atoms with E-state index >= 15 is 0 Å². The van der Waals surface area contributed by atoms with Crippen molar-refractivity contribution in [3.05, 3.63) is 94.5 Å². The van der Waals surface area contributed by atoms with Crippen LogP contribution in [0, 0.1) is 13.8 Å². The van der Waals surface area contributed by atoms with Gasteiger partial charge in [0.25, 0.3) is 10.0 Å². The molecule has 0 heterocycles. The predicted octanol–water partition coefficient (Wildman–Crippen LogP) is 6.06. The molecule has 42 heavy (non-hydrogen) atoms. The van der Waals surface area contributed by atoms with Gasteiger partial charge in [-0.25, -0.2) is 8.42 Å². The molecule has 1 aliphatic carbocycles. The fourth-order valence-corrected chi connectivity index (χ4v) is 6.95. The second kappa shape index (κ2) is 14.2. The Bertz CT molecular complexity index is 1470. The lowest BCUT2D eigenvalue weighted by Gasteiger charge is -2.34. The number of halogens is 1. The van der Waals surface area contributed by atoms with Gasteiger partial charge in [-0.3, -0.25) is 13.9 Å². The quantitative estimate of drug-likeness (QED) is 0.270. The van der Waals surface area contributed by atoms with E-state index in [2.05, 4.69) is 5.32 Å². The van der Waals surface area contributed by atoms with E-state index in [4.69, 9.17) is 11.6 Å². The molecule has 0 unspecified atom stereocenters. The lowest BCUT2D eigenvalue weighted by molar-refractivity contribution is -0.139. The lowest BCUT2D eigenvalue weighted by atomic mass is 10.1. The second-order valence-electron chi connectivity index (χ2n) is 11.0. The number of nitrogens with one attached hydrogen (secondary N) is 1. The van der Waals surface area contributed by atoms with Crippen molar-refractivity contribution in [1.29, 1.82) is 0 Å². The maximum Gasteiger partial charge on any atom is 0.264 e. The summed E-state index contributed by atoms with van der Waals surface area (Å²) in [6.45, 7) is 5.38. The summed E-state index contributed by atoms with van der Waals surface area (Å²) in [6.07, 6.45) is 4.93. The first-order valence-corrected chi connectivity index (χ1v) is 16.4. The van der Waals surface area contributed by atoms with Crippen molar-refractivity contribution in [2.75, 3.05) is 17.4 Å². The van der Waals surface area contributed by atoms with Crippen LogP contribution < -0.4 is 9.62 Å². The van der Waals surface area contributed by atoms with Gasteiger partial charge in [0, 0.05) is 17.6 Å². The summed E-state index contributed by atoms with van der Waals surface area (Å²) in [4.78, 5) is 29.3. The van der Waals surface area contributed by atoms with Crippen LogP contribution in [-0.4, -0.2) is 50.3 Å². The van der Waals surface area contributed by atoms with Gasteiger partial charge in [0.2, 0.25) is 11.8 Å². The van der Waals surface area contributed by atoms with Crippen LogP contribution in [0.4, 0.5) is 5.69 Å². The molecule has 0 aromatic heterocycles. The maximum atomic E-state index is 14.2. The van der Waals surface area contributed by atoms with E-state index in [1.54, 1.807) is 35.2 Å². The molecule has 1 atom stereocenters. The third-order valence-corrected chi connectivity index (χ3v) is 10.1. The molecule has 4 rings (SSSR count). The average Bonchev–Trinajstić information content (AvgIpc) is 3.49. The molecule has 1 saturated carbocycles. The smallest absolute Gasteiger partial charge is 0.264 e. The van der Waals surface area contributed by atoms with E-state index in [9.17, 15) is 18.0 Å². The van der Waals surface area contributed by atoms with E-state index in [-0.39, 0.29) is 29.1 Å². The molecule has 224 valence electrons. The SMILES string of the molecule is CC[C@@H](C(=O)NC1CCCC1)N(CCc1ccccc1)C(=O)CN(c1ccc(C)c(Cl)c1)S(=O)(=O)c1ccc(C)cc1. The molecule has 1 aliphatic rings. The number of hydrogen-bond acceptors (Lipinski definition) is 4. The number of anilines is 1. The summed E-state index contributed by atoms with van der Waals surface area (Å²) in [7, 11) is -4.14. The fraction of sp³-hybridized carbons (Fsp3) is 0.394. The molecule has 1 fully saturated rings. The first-order chi connectivity index (χ1) is 20.1. The van der Waals surface area contributed by atoms with E-state index in [0.29, 0.717) is 17.9 Å². The molecule has 2 amide bonds. The molecule has 1 N–H and O–H groups in total. The number of hydrogen-bond donors (Lipinski definition) is 1. The first kappa shape index (κ1) is 31.6. The molecule has 3 aromatic carbocycles. The number of rotatable bonds is 12. The number of aryl methyl sites for hydroxylation is 2. The number of amides is 2. The molecule has 0 saturated heterocycles. The third kappa shape index (κ3) is 7.72. The maximum absolute atomic E-state index is 14.2. The summed E-state index contributed by atoms with van der Waals surface area (Å²) in [5.41, 5.74) is 3.02. The van der Waals surface area contributed by atoms with Gasteiger partial charge < -0.3 is 10.2 Å². The number of sulfonamides is 1. The van der Waals surface area contributed by atoms with Crippen LogP contribution in [0.2, 0.25) is 5.02 Å². The summed E-state index contributed by atoms with van der Waals surface area (Å²) in [5, 5.41) is 3.54. The monoisotopic (exact) mass is 609 g/mol. The Morgan fingerprint density at radius 1 is 0.976 bits per heavy atom. The Morgan fingerprint density at radius 3 is 2.26 bits per heavy atom. The molecule has 0 aliphatic heterocycles. The Morgan fingerprint density at radius 2 is 1.64 bits per heavy atom. The van der Waals surface area contributed by atoms with Crippen LogP contribution in [0.25, 0.3) is 0 Å². The zero-order valence-corrected chi connectivity index (χ0v) is 26.1. The van der Waals surface area contributed by atoms with Crippen LogP contribution in [-0.2, 0) is 26.0 Å². The fourth-order valence-electron chi connectivity index (χ4n) is 5.37. The van der Waals surface area contributed by atoms with Crippen LogP contribution in [0.3, 0.4) is 0 Å². The Hall–Kier alpha value is -3.36. The summed E-state index contributed by atoms with van der Waals surface area (Å²) >= 11 is 6.42. The van der Waals surface area contributed by atoms with Crippen LogP contribution in [0.15, 0.2) is 77.7 Å². The topological polar surface area (TPSA) is 86.8 Å². The summed E-state index contributed by atoms with van der Waals surface area (Å²) in [5.74, 6) is -0.649. The highest BCUT2D eigenvalue weighted by Gasteiger charge is 2.34. The van der Waals surface area contributed by atoms with Crippen molar-refractivity contribution in [3.8, 4) is 0 Å². The average molecular weight is 610 g/mol. The number of nitrogens with zero attached hydrogens (tertiary/aromatic N) is 2. The Balaban J connectivity index is 1.69. The van der Waals surface area contributed by atoms with Crippen molar-refractivity contribution in [2.24, 2.45) is 0 Å². The first-order valence-electron chi connectivity index (χ1n) is 14.6. The number of carbonyl (C=O) groups excluding carboxylic acids is 2. The molecule has 3 aromatic rings. The number of benzene rings is 3. The summed E-state index contributed by atoms with van der Waals surface area (Å²) < 4.78 is 29.1. The van der Waals surface area contributed by atoms with Crippen molar-refractivity contribution < 1.29 is 18.0 Å². The van der Waals surface area contributed by atoms with Gasteiger partial charge in [0.05, 0.1) is 10.6 Å². The normalized spacial score (nSPS) is 14.4. The molecular formula is C33H40ClN3O4S. The van der Waals surface area contributed by atoms with Gasteiger partial charge in [-0.1, -0.05) is 85.5 Å². The van der Waals surface area contributed by atoms with Crippen LogP contribution >= 0.6 is 11.6 Å². The zero-order valence-electron chi connectivity index (χ0n) is 24.6. The molecule has 0 radical (unpaired) electrons. The zero-order chi connectivity index (χ0) is 30.3. The van der Waals surface area contributed by atoms with Gasteiger partial charge in [0.15, 0.2) is 0 Å².